The highest BCUT2D eigenvalue weighted by molar-refractivity contribution is 5.90. The van der Waals surface area contributed by atoms with Crippen molar-refractivity contribution in [2.75, 3.05) is 10.6 Å². The van der Waals surface area contributed by atoms with Gasteiger partial charge in [-0.15, -0.1) is 0 Å². The highest BCUT2D eigenvalue weighted by Gasteiger charge is 2.25. The lowest BCUT2D eigenvalue weighted by atomic mass is 9.93. The second-order valence-electron chi connectivity index (χ2n) is 9.68. The van der Waals surface area contributed by atoms with Crippen molar-refractivity contribution in [3.63, 3.8) is 0 Å². The third-order valence-corrected chi connectivity index (χ3v) is 6.92. The third-order valence-electron chi connectivity index (χ3n) is 6.92. The van der Waals surface area contributed by atoms with Crippen molar-refractivity contribution < 1.29 is 19.8 Å². The molecule has 8 nitrogen and oxygen atoms in total. The lowest BCUT2D eigenvalue weighted by molar-refractivity contribution is 0.0955. The van der Waals surface area contributed by atoms with Gasteiger partial charge in [-0.2, -0.15) is 0 Å². The minimum absolute atomic E-state index is 0.189. The first-order chi connectivity index (χ1) is 17.0. The van der Waals surface area contributed by atoms with Gasteiger partial charge in [-0.05, 0) is 67.5 Å². The fourth-order valence-electron chi connectivity index (χ4n) is 4.88. The van der Waals surface area contributed by atoms with Crippen LogP contribution in [-0.2, 0) is 6.42 Å². The highest BCUT2D eigenvalue weighted by atomic mass is 16.3. The molecule has 0 spiro atoms. The Morgan fingerprint density at radius 1 is 0.629 bits per heavy atom. The van der Waals surface area contributed by atoms with Crippen molar-refractivity contribution in [1.82, 2.24) is 10.6 Å². The zero-order chi connectivity index (χ0) is 24.6. The van der Waals surface area contributed by atoms with E-state index in [1.54, 1.807) is 0 Å². The second kappa shape index (κ2) is 12.0. The number of amides is 4. The van der Waals surface area contributed by atoms with E-state index in [-0.39, 0.29) is 24.1 Å². The predicted octanol–water partition coefficient (Wildman–Crippen LogP) is 4.13. The molecule has 4 amide bonds. The molecule has 2 fully saturated rings. The summed E-state index contributed by atoms with van der Waals surface area (Å²) in [6.45, 7) is 0. The molecule has 0 radical (unpaired) electrons. The van der Waals surface area contributed by atoms with E-state index < -0.39 is 12.2 Å². The minimum atomic E-state index is -0.474. The molecule has 6 N–H and O–H groups in total. The minimum Gasteiger partial charge on any atom is -0.391 e. The van der Waals surface area contributed by atoms with E-state index >= 15 is 0 Å². The molecule has 0 bridgehead atoms. The maximum atomic E-state index is 12.3. The fraction of sp³-hybridized carbons (Fsp3) is 0.481. The van der Waals surface area contributed by atoms with Gasteiger partial charge in [0.2, 0.25) is 0 Å². The van der Waals surface area contributed by atoms with Gasteiger partial charge in [0.15, 0.2) is 0 Å². The molecule has 35 heavy (non-hydrogen) atoms. The maximum Gasteiger partial charge on any atom is 0.319 e. The third kappa shape index (κ3) is 7.44. The number of aliphatic hydroxyl groups excluding tert-OH is 2. The summed E-state index contributed by atoms with van der Waals surface area (Å²) in [5.41, 5.74) is 3.60. The van der Waals surface area contributed by atoms with Crippen LogP contribution < -0.4 is 21.3 Å². The molecule has 4 atom stereocenters. The number of hydrogen-bond donors (Lipinski definition) is 6. The van der Waals surface area contributed by atoms with E-state index in [0.717, 1.165) is 68.9 Å². The molecular weight excluding hydrogens is 444 g/mol. The summed E-state index contributed by atoms with van der Waals surface area (Å²) >= 11 is 0. The Hall–Kier alpha value is -3.10. The van der Waals surface area contributed by atoms with E-state index in [9.17, 15) is 19.8 Å². The van der Waals surface area contributed by atoms with Crippen molar-refractivity contribution in [2.45, 2.75) is 82.1 Å². The van der Waals surface area contributed by atoms with Gasteiger partial charge < -0.3 is 31.5 Å². The molecule has 0 aromatic heterocycles. The molecular formula is C27H36N4O4. The first-order valence-corrected chi connectivity index (χ1v) is 12.7. The lowest BCUT2D eigenvalue weighted by Crippen LogP contribution is -2.46. The summed E-state index contributed by atoms with van der Waals surface area (Å²) in [7, 11) is 0. The van der Waals surface area contributed by atoms with Crippen LogP contribution in [-0.4, -0.2) is 46.6 Å². The summed E-state index contributed by atoms with van der Waals surface area (Å²) in [5.74, 6) is 0. The normalized spacial score (nSPS) is 24.3. The number of nitrogens with one attached hydrogen (secondary N) is 4. The van der Waals surface area contributed by atoms with Crippen molar-refractivity contribution in [3.05, 3.63) is 59.7 Å². The van der Waals surface area contributed by atoms with Gasteiger partial charge >= 0.3 is 12.1 Å². The smallest absolute Gasteiger partial charge is 0.319 e. The Bertz CT molecular complexity index is 900. The molecule has 188 valence electrons. The number of carbonyl (C=O) groups is 2. The van der Waals surface area contributed by atoms with Gasteiger partial charge in [-0.1, -0.05) is 49.9 Å². The molecule has 0 heterocycles. The van der Waals surface area contributed by atoms with Gasteiger partial charge in [0, 0.05) is 11.4 Å². The number of aliphatic hydroxyl groups is 2. The predicted molar refractivity (Wildman–Crippen MR) is 137 cm³/mol. The maximum absolute atomic E-state index is 12.3. The largest absolute Gasteiger partial charge is 0.391 e. The van der Waals surface area contributed by atoms with Gasteiger partial charge in [0.25, 0.3) is 0 Å². The van der Waals surface area contributed by atoms with Crippen LogP contribution >= 0.6 is 0 Å². The van der Waals surface area contributed by atoms with Crippen LogP contribution in [0, 0.1) is 0 Å². The molecule has 2 saturated carbocycles. The monoisotopic (exact) mass is 480 g/mol. The molecule has 0 saturated heterocycles. The van der Waals surface area contributed by atoms with Crippen LogP contribution in [0.3, 0.4) is 0 Å². The quantitative estimate of drug-likeness (QED) is 0.372. The van der Waals surface area contributed by atoms with E-state index in [0.29, 0.717) is 11.4 Å². The van der Waals surface area contributed by atoms with Crippen LogP contribution in [0.15, 0.2) is 48.5 Å². The number of rotatable bonds is 6. The SMILES string of the molecule is O=C(Nc1ccc(Cc2ccc(NC(=O)NC3CCCCC3O)cc2)cc1)NC1CCCCC1O. The fourth-order valence-corrected chi connectivity index (χ4v) is 4.88. The summed E-state index contributed by atoms with van der Waals surface area (Å²) < 4.78 is 0. The van der Waals surface area contributed by atoms with E-state index in [1.165, 1.54) is 0 Å². The number of urea groups is 2. The van der Waals surface area contributed by atoms with E-state index in [2.05, 4.69) is 21.3 Å². The number of hydrogen-bond acceptors (Lipinski definition) is 4. The summed E-state index contributed by atoms with van der Waals surface area (Å²) in [6.07, 6.45) is 6.88. The van der Waals surface area contributed by atoms with Gasteiger partial charge in [0.1, 0.15) is 0 Å². The molecule has 2 aromatic rings. The van der Waals surface area contributed by atoms with E-state index in [4.69, 9.17) is 0 Å². The van der Waals surface area contributed by atoms with Crippen LogP contribution in [0.4, 0.5) is 21.0 Å². The second-order valence-corrected chi connectivity index (χ2v) is 9.68. The first-order valence-electron chi connectivity index (χ1n) is 12.7. The zero-order valence-electron chi connectivity index (χ0n) is 20.0. The summed E-state index contributed by atoms with van der Waals surface area (Å²) in [6, 6.07) is 14.4. The molecule has 4 rings (SSSR count). The molecule has 0 aliphatic heterocycles. The average molecular weight is 481 g/mol. The Balaban J connectivity index is 1.23. The van der Waals surface area contributed by atoms with Crippen LogP contribution in [0.2, 0.25) is 0 Å². The number of carbonyl (C=O) groups excluding carboxylic acids is 2. The Labute approximate surface area is 206 Å². The van der Waals surface area contributed by atoms with Crippen LogP contribution in [0.25, 0.3) is 0 Å². The van der Waals surface area contributed by atoms with Gasteiger partial charge in [0.05, 0.1) is 24.3 Å². The summed E-state index contributed by atoms with van der Waals surface area (Å²) in [4.78, 5) is 24.5. The summed E-state index contributed by atoms with van der Waals surface area (Å²) in [5, 5.41) is 31.5. The molecule has 8 heteroatoms. The molecule has 2 aromatic carbocycles. The van der Waals surface area contributed by atoms with Crippen molar-refractivity contribution in [1.29, 1.82) is 0 Å². The van der Waals surface area contributed by atoms with Crippen LogP contribution in [0.5, 0.6) is 0 Å². The Morgan fingerprint density at radius 2 is 1.00 bits per heavy atom. The standard InChI is InChI=1S/C27H36N4O4/c32-24-7-3-1-5-22(24)30-26(34)28-20-13-9-18(10-14-20)17-19-11-15-21(16-12-19)29-27(35)31-23-6-2-4-8-25(23)33/h9-16,22-25,32-33H,1-8,17H2,(H2,28,30,34)(H2,29,31,35). The highest BCUT2D eigenvalue weighted by Crippen LogP contribution is 2.20. The molecule has 4 unspecified atom stereocenters. The van der Waals surface area contributed by atoms with Crippen molar-refractivity contribution >= 4 is 23.4 Å². The van der Waals surface area contributed by atoms with Crippen LogP contribution in [0.1, 0.15) is 62.5 Å². The van der Waals surface area contributed by atoms with Crippen molar-refractivity contribution in [2.24, 2.45) is 0 Å². The topological polar surface area (TPSA) is 123 Å². The number of anilines is 2. The first kappa shape index (κ1) is 25.0. The molecule has 2 aliphatic carbocycles. The average Bonchev–Trinajstić information content (AvgIpc) is 2.84. The lowest BCUT2D eigenvalue weighted by Gasteiger charge is -2.28. The zero-order valence-corrected chi connectivity index (χ0v) is 20.0. The molecule has 2 aliphatic rings. The Kier molecular flexibility index (Phi) is 8.60. The van der Waals surface area contributed by atoms with Gasteiger partial charge in [-0.25, -0.2) is 9.59 Å². The van der Waals surface area contributed by atoms with Gasteiger partial charge in [-0.3, -0.25) is 0 Å². The Morgan fingerprint density at radius 3 is 1.37 bits per heavy atom. The van der Waals surface area contributed by atoms with E-state index in [1.807, 2.05) is 48.5 Å². The number of benzene rings is 2. The van der Waals surface area contributed by atoms with Crippen molar-refractivity contribution in [3.8, 4) is 0 Å².